The van der Waals surface area contributed by atoms with E-state index in [-0.39, 0.29) is 17.4 Å². The third-order valence-corrected chi connectivity index (χ3v) is 5.21. The zero-order valence-corrected chi connectivity index (χ0v) is 16.0. The third kappa shape index (κ3) is 3.42. The molecule has 2 aromatic heterocycles. The van der Waals surface area contributed by atoms with Crippen molar-refractivity contribution in [2.75, 3.05) is 0 Å². The standard InChI is InChI=1S/C22H25N3O2/c1-22(2,3)15-9-11-16(12-10-15)25-19-7-4-6-18(17(19)14-23-25)24-21(26)20-8-5-13-27-20/h5,8-14,18H,4,6-7H2,1-3H3,(H,24,26)/t18-/m0/s1. The monoisotopic (exact) mass is 363 g/mol. The number of amides is 1. The molecule has 27 heavy (non-hydrogen) atoms. The Morgan fingerprint density at radius 2 is 2.00 bits per heavy atom. The zero-order chi connectivity index (χ0) is 19.0. The normalized spacial score (nSPS) is 16.8. The second kappa shape index (κ2) is 6.72. The Morgan fingerprint density at radius 1 is 1.22 bits per heavy atom. The van der Waals surface area contributed by atoms with Crippen molar-refractivity contribution in [2.24, 2.45) is 0 Å². The van der Waals surface area contributed by atoms with E-state index in [4.69, 9.17) is 4.42 Å². The first kappa shape index (κ1) is 17.6. The lowest BCUT2D eigenvalue weighted by Gasteiger charge is -2.24. The Kier molecular flexibility index (Phi) is 4.38. The maximum Gasteiger partial charge on any atom is 0.287 e. The average molecular weight is 363 g/mol. The highest BCUT2D eigenvalue weighted by Gasteiger charge is 2.27. The van der Waals surface area contributed by atoms with Gasteiger partial charge in [-0.3, -0.25) is 4.79 Å². The zero-order valence-electron chi connectivity index (χ0n) is 16.0. The predicted octanol–water partition coefficient (Wildman–Crippen LogP) is 4.57. The topological polar surface area (TPSA) is 60.1 Å². The maximum atomic E-state index is 12.4. The van der Waals surface area contributed by atoms with Gasteiger partial charge in [0.2, 0.25) is 0 Å². The summed E-state index contributed by atoms with van der Waals surface area (Å²) in [6.07, 6.45) is 6.29. The van der Waals surface area contributed by atoms with Gasteiger partial charge in [0.05, 0.1) is 24.2 Å². The third-order valence-electron chi connectivity index (χ3n) is 5.21. The van der Waals surface area contributed by atoms with E-state index in [1.165, 1.54) is 17.5 Å². The van der Waals surface area contributed by atoms with Gasteiger partial charge in [0.15, 0.2) is 5.76 Å². The Morgan fingerprint density at radius 3 is 2.67 bits per heavy atom. The van der Waals surface area contributed by atoms with E-state index in [1.54, 1.807) is 12.1 Å². The number of fused-ring (bicyclic) bond motifs is 1. The second-order valence-electron chi connectivity index (χ2n) is 8.15. The van der Waals surface area contributed by atoms with E-state index in [2.05, 4.69) is 55.5 Å². The van der Waals surface area contributed by atoms with Gasteiger partial charge in [0.1, 0.15) is 0 Å². The number of furan rings is 1. The molecule has 1 N–H and O–H groups in total. The van der Waals surface area contributed by atoms with Crippen molar-refractivity contribution in [3.63, 3.8) is 0 Å². The molecule has 0 aliphatic heterocycles. The van der Waals surface area contributed by atoms with Crippen molar-refractivity contribution in [2.45, 2.75) is 51.5 Å². The van der Waals surface area contributed by atoms with E-state index in [0.717, 1.165) is 30.5 Å². The minimum absolute atomic E-state index is 0.0334. The quantitative estimate of drug-likeness (QED) is 0.741. The molecule has 1 aliphatic rings. The van der Waals surface area contributed by atoms with Crippen LogP contribution in [0, 0.1) is 0 Å². The fourth-order valence-electron chi connectivity index (χ4n) is 3.67. The second-order valence-corrected chi connectivity index (χ2v) is 8.15. The molecule has 3 aromatic rings. The molecular formula is C22H25N3O2. The molecule has 5 heteroatoms. The first-order valence-corrected chi connectivity index (χ1v) is 9.45. The van der Waals surface area contributed by atoms with E-state index in [0.29, 0.717) is 5.76 Å². The van der Waals surface area contributed by atoms with Gasteiger partial charge in [-0.25, -0.2) is 4.68 Å². The molecule has 0 saturated heterocycles. The van der Waals surface area contributed by atoms with Crippen molar-refractivity contribution < 1.29 is 9.21 Å². The van der Waals surface area contributed by atoms with E-state index in [9.17, 15) is 4.79 Å². The summed E-state index contributed by atoms with van der Waals surface area (Å²) in [6.45, 7) is 6.64. The van der Waals surface area contributed by atoms with Crippen LogP contribution in [0.4, 0.5) is 0 Å². The highest BCUT2D eigenvalue weighted by Crippen LogP contribution is 2.32. The fourth-order valence-corrected chi connectivity index (χ4v) is 3.67. The first-order valence-electron chi connectivity index (χ1n) is 9.45. The van der Waals surface area contributed by atoms with Crippen molar-refractivity contribution in [1.82, 2.24) is 15.1 Å². The summed E-state index contributed by atoms with van der Waals surface area (Å²) in [6, 6.07) is 12.0. The van der Waals surface area contributed by atoms with Gasteiger partial charge in [0, 0.05) is 11.3 Å². The van der Waals surface area contributed by atoms with Gasteiger partial charge in [0.25, 0.3) is 5.91 Å². The molecule has 0 saturated carbocycles. The number of hydrogen-bond acceptors (Lipinski definition) is 3. The van der Waals surface area contributed by atoms with Crippen LogP contribution in [-0.4, -0.2) is 15.7 Å². The first-order chi connectivity index (χ1) is 12.9. The van der Waals surface area contributed by atoms with Gasteiger partial charge in [-0.05, 0) is 54.5 Å². The summed E-state index contributed by atoms with van der Waals surface area (Å²) in [5.74, 6) is 0.160. The maximum absolute atomic E-state index is 12.4. The van der Waals surface area contributed by atoms with Crippen LogP contribution in [0.15, 0.2) is 53.3 Å². The van der Waals surface area contributed by atoms with Crippen LogP contribution in [-0.2, 0) is 11.8 Å². The molecule has 1 atom stereocenters. The Hall–Kier alpha value is -2.82. The van der Waals surface area contributed by atoms with Crippen molar-refractivity contribution in [3.8, 4) is 5.69 Å². The van der Waals surface area contributed by atoms with Crippen molar-refractivity contribution in [1.29, 1.82) is 0 Å². The van der Waals surface area contributed by atoms with E-state index >= 15 is 0 Å². The summed E-state index contributed by atoms with van der Waals surface area (Å²) < 4.78 is 7.21. The smallest absolute Gasteiger partial charge is 0.287 e. The molecule has 1 aromatic carbocycles. The van der Waals surface area contributed by atoms with Gasteiger partial charge >= 0.3 is 0 Å². The fraction of sp³-hybridized carbons (Fsp3) is 0.364. The van der Waals surface area contributed by atoms with Crippen LogP contribution in [0.25, 0.3) is 5.69 Å². The molecule has 0 spiro atoms. The highest BCUT2D eigenvalue weighted by molar-refractivity contribution is 5.91. The molecule has 0 unspecified atom stereocenters. The number of nitrogens with zero attached hydrogens (tertiary/aromatic N) is 2. The lowest BCUT2D eigenvalue weighted by molar-refractivity contribution is 0.0904. The Bertz CT molecular complexity index is 931. The van der Waals surface area contributed by atoms with Gasteiger partial charge < -0.3 is 9.73 Å². The van der Waals surface area contributed by atoms with Crippen LogP contribution in [0.3, 0.4) is 0 Å². The molecule has 2 heterocycles. The number of nitrogens with one attached hydrogen (secondary N) is 1. The molecule has 0 bridgehead atoms. The number of hydrogen-bond donors (Lipinski definition) is 1. The summed E-state index contributed by atoms with van der Waals surface area (Å²) in [7, 11) is 0. The molecule has 4 rings (SSSR count). The molecule has 5 nitrogen and oxygen atoms in total. The summed E-state index contributed by atoms with van der Waals surface area (Å²) in [5.41, 5.74) is 4.76. The predicted molar refractivity (Wildman–Crippen MR) is 104 cm³/mol. The highest BCUT2D eigenvalue weighted by atomic mass is 16.3. The molecule has 0 fully saturated rings. The van der Waals surface area contributed by atoms with Crippen LogP contribution >= 0.6 is 0 Å². The Balaban J connectivity index is 1.59. The minimum Gasteiger partial charge on any atom is -0.459 e. The van der Waals surface area contributed by atoms with E-state index < -0.39 is 0 Å². The average Bonchev–Trinajstić information content (AvgIpc) is 3.31. The van der Waals surface area contributed by atoms with Gasteiger partial charge in [-0.1, -0.05) is 32.9 Å². The molecule has 1 amide bonds. The van der Waals surface area contributed by atoms with Gasteiger partial charge in [-0.2, -0.15) is 5.10 Å². The van der Waals surface area contributed by atoms with Crippen molar-refractivity contribution in [3.05, 3.63) is 71.4 Å². The summed E-state index contributed by atoms with van der Waals surface area (Å²) >= 11 is 0. The largest absolute Gasteiger partial charge is 0.459 e. The van der Waals surface area contributed by atoms with Crippen LogP contribution < -0.4 is 5.32 Å². The summed E-state index contributed by atoms with van der Waals surface area (Å²) in [5, 5.41) is 7.71. The minimum atomic E-state index is -0.180. The lowest BCUT2D eigenvalue weighted by atomic mass is 9.87. The SMILES string of the molecule is CC(C)(C)c1ccc(-n2ncc3c2CCC[C@@H]3NC(=O)c2ccco2)cc1. The number of benzene rings is 1. The molecule has 0 radical (unpaired) electrons. The Labute approximate surface area is 159 Å². The molecule has 140 valence electrons. The number of carbonyl (C=O) groups is 1. The van der Waals surface area contributed by atoms with Crippen molar-refractivity contribution >= 4 is 5.91 Å². The number of carbonyl (C=O) groups excluding carboxylic acids is 1. The van der Waals surface area contributed by atoms with Crippen LogP contribution in [0.5, 0.6) is 0 Å². The summed E-state index contributed by atoms with van der Waals surface area (Å²) in [4.78, 5) is 12.4. The molecular weight excluding hydrogens is 338 g/mol. The lowest BCUT2D eigenvalue weighted by Crippen LogP contribution is -2.30. The van der Waals surface area contributed by atoms with E-state index in [1.807, 2.05) is 10.9 Å². The van der Waals surface area contributed by atoms with Crippen LogP contribution in [0.1, 0.15) is 67.0 Å². The number of rotatable bonds is 3. The number of aromatic nitrogens is 2. The molecule has 1 aliphatic carbocycles. The van der Waals surface area contributed by atoms with Gasteiger partial charge in [-0.15, -0.1) is 0 Å². The van der Waals surface area contributed by atoms with Crippen LogP contribution in [0.2, 0.25) is 0 Å².